The minimum absolute atomic E-state index is 0.0757. The van der Waals surface area contributed by atoms with E-state index in [1.54, 1.807) is 0 Å². The summed E-state index contributed by atoms with van der Waals surface area (Å²) in [7, 11) is 0. The van der Waals surface area contributed by atoms with Gasteiger partial charge in [-0.25, -0.2) is 0 Å². The Morgan fingerprint density at radius 1 is 0.656 bits per heavy atom. The highest BCUT2D eigenvalue weighted by atomic mass is 16.5. The maximum Gasteiger partial charge on any atom is 0.258 e. The molecule has 0 atom stereocenters. The van der Waals surface area contributed by atoms with Gasteiger partial charge in [0.2, 0.25) is 0 Å². The van der Waals surface area contributed by atoms with Crippen molar-refractivity contribution in [2.24, 2.45) is 0 Å². The summed E-state index contributed by atoms with van der Waals surface area (Å²) in [6.07, 6.45) is 0. The normalized spacial score (nSPS) is 11.6. The van der Waals surface area contributed by atoms with Gasteiger partial charge in [0.15, 0.2) is 13.2 Å². The van der Waals surface area contributed by atoms with Gasteiger partial charge in [-0.1, -0.05) is 77.9 Å². The molecule has 6 nitrogen and oxygen atoms in total. The quantitative estimate of drug-likeness (QED) is 0.579. The van der Waals surface area contributed by atoms with Crippen molar-refractivity contribution in [3.8, 4) is 11.5 Å². The number of nitrogens with one attached hydrogen (secondary N) is 2. The first-order valence-electron chi connectivity index (χ1n) is 11.0. The first kappa shape index (κ1) is 25.2. The van der Waals surface area contributed by atoms with Crippen LogP contribution >= 0.6 is 0 Å². The summed E-state index contributed by atoms with van der Waals surface area (Å²) >= 11 is 0. The zero-order valence-corrected chi connectivity index (χ0v) is 20.1. The van der Waals surface area contributed by atoms with Crippen molar-refractivity contribution in [3.05, 3.63) is 59.7 Å². The molecule has 0 saturated carbocycles. The summed E-state index contributed by atoms with van der Waals surface area (Å²) < 4.78 is 11.4. The van der Waals surface area contributed by atoms with Crippen LogP contribution in [0.25, 0.3) is 0 Å². The number of benzene rings is 2. The summed E-state index contributed by atoms with van der Waals surface area (Å²) in [5.74, 6) is 0.934. The van der Waals surface area contributed by atoms with Crippen LogP contribution in [0.4, 0.5) is 0 Å². The van der Waals surface area contributed by atoms with Gasteiger partial charge in [-0.3, -0.25) is 9.59 Å². The standard InChI is InChI=1S/C26H36N2O4/c1-25(2,3)19-11-7-9-13-21(19)31-17-23(29)27-15-16-28-24(30)18-32-22-14-10-8-12-20(22)26(4,5)6/h7-14H,15-18H2,1-6H3,(H,27,29)(H,28,30). The van der Waals surface area contributed by atoms with Crippen LogP contribution in [0.5, 0.6) is 11.5 Å². The van der Waals surface area contributed by atoms with Gasteiger partial charge in [0, 0.05) is 13.1 Å². The van der Waals surface area contributed by atoms with E-state index in [4.69, 9.17) is 9.47 Å². The molecule has 0 fully saturated rings. The summed E-state index contributed by atoms with van der Waals surface area (Å²) in [5, 5.41) is 5.50. The van der Waals surface area contributed by atoms with Crippen molar-refractivity contribution in [2.75, 3.05) is 26.3 Å². The highest BCUT2D eigenvalue weighted by Crippen LogP contribution is 2.31. The van der Waals surface area contributed by atoms with Crippen molar-refractivity contribution in [3.63, 3.8) is 0 Å². The molecule has 32 heavy (non-hydrogen) atoms. The van der Waals surface area contributed by atoms with Crippen LogP contribution in [0.3, 0.4) is 0 Å². The predicted molar refractivity (Wildman–Crippen MR) is 127 cm³/mol. The maximum absolute atomic E-state index is 12.1. The molecule has 0 saturated heterocycles. The number of carbonyl (C=O) groups is 2. The molecule has 2 aromatic rings. The van der Waals surface area contributed by atoms with Gasteiger partial charge in [0.05, 0.1) is 0 Å². The van der Waals surface area contributed by atoms with Crippen molar-refractivity contribution in [2.45, 2.75) is 52.4 Å². The molecule has 2 aromatic carbocycles. The van der Waals surface area contributed by atoms with E-state index in [9.17, 15) is 9.59 Å². The molecule has 2 amide bonds. The fraction of sp³-hybridized carbons (Fsp3) is 0.462. The molecule has 174 valence electrons. The lowest BCUT2D eigenvalue weighted by Crippen LogP contribution is -2.38. The van der Waals surface area contributed by atoms with Crippen molar-refractivity contribution in [1.29, 1.82) is 0 Å². The zero-order valence-electron chi connectivity index (χ0n) is 20.1. The molecule has 0 radical (unpaired) electrons. The monoisotopic (exact) mass is 440 g/mol. The lowest BCUT2D eigenvalue weighted by Gasteiger charge is -2.22. The van der Waals surface area contributed by atoms with Crippen LogP contribution in [0.15, 0.2) is 48.5 Å². The van der Waals surface area contributed by atoms with E-state index in [1.807, 2.05) is 48.5 Å². The summed E-state index contributed by atoms with van der Waals surface area (Å²) in [6.45, 7) is 13.1. The minimum Gasteiger partial charge on any atom is -0.483 e. The third-order valence-electron chi connectivity index (χ3n) is 4.88. The van der Waals surface area contributed by atoms with Gasteiger partial charge >= 0.3 is 0 Å². The Balaban J connectivity index is 1.70. The molecule has 0 aromatic heterocycles. The van der Waals surface area contributed by atoms with E-state index >= 15 is 0 Å². The van der Waals surface area contributed by atoms with Crippen molar-refractivity contribution >= 4 is 11.8 Å². The molecule has 0 heterocycles. The highest BCUT2D eigenvalue weighted by molar-refractivity contribution is 5.78. The van der Waals surface area contributed by atoms with Crippen LogP contribution in [0.1, 0.15) is 52.7 Å². The van der Waals surface area contributed by atoms with Crippen LogP contribution in [0, 0.1) is 0 Å². The third-order valence-corrected chi connectivity index (χ3v) is 4.88. The first-order valence-corrected chi connectivity index (χ1v) is 11.0. The second-order valence-corrected chi connectivity index (χ2v) is 9.77. The molecule has 0 aliphatic carbocycles. The number of carbonyl (C=O) groups excluding carboxylic acids is 2. The Kier molecular flexibility index (Phi) is 8.70. The number of rotatable bonds is 9. The summed E-state index contributed by atoms with van der Waals surface area (Å²) in [5.41, 5.74) is 1.95. The fourth-order valence-electron chi connectivity index (χ4n) is 3.22. The second kappa shape index (κ2) is 11.0. The van der Waals surface area contributed by atoms with E-state index in [0.717, 1.165) is 11.1 Å². The van der Waals surface area contributed by atoms with Gasteiger partial charge in [0.25, 0.3) is 11.8 Å². The first-order chi connectivity index (χ1) is 15.0. The topological polar surface area (TPSA) is 76.7 Å². The van der Waals surface area contributed by atoms with E-state index < -0.39 is 0 Å². The second-order valence-electron chi connectivity index (χ2n) is 9.77. The average Bonchev–Trinajstić information content (AvgIpc) is 2.73. The van der Waals surface area contributed by atoms with Gasteiger partial charge in [-0.05, 0) is 34.1 Å². The molecular weight excluding hydrogens is 404 g/mol. The Bertz CT molecular complexity index is 835. The zero-order chi connectivity index (χ0) is 23.8. The van der Waals surface area contributed by atoms with Gasteiger partial charge < -0.3 is 20.1 Å². The summed E-state index contributed by atoms with van der Waals surface area (Å²) in [6, 6.07) is 15.4. The predicted octanol–water partition coefficient (Wildman–Crippen LogP) is 3.97. The van der Waals surface area contributed by atoms with Gasteiger partial charge in [0.1, 0.15) is 11.5 Å². The number of para-hydroxylation sites is 2. The lowest BCUT2D eigenvalue weighted by atomic mass is 9.86. The Labute approximate surface area is 191 Å². The molecule has 0 aliphatic heterocycles. The number of ether oxygens (including phenoxy) is 2. The number of hydrogen-bond donors (Lipinski definition) is 2. The van der Waals surface area contributed by atoms with E-state index in [1.165, 1.54) is 0 Å². The van der Waals surface area contributed by atoms with E-state index in [-0.39, 0.29) is 35.9 Å². The van der Waals surface area contributed by atoms with Gasteiger partial charge in [-0.2, -0.15) is 0 Å². The van der Waals surface area contributed by atoms with Crippen LogP contribution in [-0.4, -0.2) is 38.1 Å². The van der Waals surface area contributed by atoms with E-state index in [0.29, 0.717) is 24.6 Å². The molecule has 0 bridgehead atoms. The molecule has 2 N–H and O–H groups in total. The molecule has 0 unspecified atom stereocenters. The Morgan fingerprint density at radius 2 is 1.00 bits per heavy atom. The van der Waals surface area contributed by atoms with Crippen LogP contribution in [0.2, 0.25) is 0 Å². The summed E-state index contributed by atoms with van der Waals surface area (Å²) in [4.78, 5) is 24.2. The smallest absolute Gasteiger partial charge is 0.258 e. The Morgan fingerprint density at radius 3 is 1.34 bits per heavy atom. The number of hydrogen-bond acceptors (Lipinski definition) is 4. The fourth-order valence-corrected chi connectivity index (χ4v) is 3.22. The molecule has 6 heteroatoms. The molecule has 0 spiro atoms. The van der Waals surface area contributed by atoms with Crippen LogP contribution < -0.4 is 20.1 Å². The van der Waals surface area contributed by atoms with Crippen molar-refractivity contribution < 1.29 is 19.1 Å². The SMILES string of the molecule is CC(C)(C)c1ccccc1OCC(=O)NCCNC(=O)COc1ccccc1C(C)(C)C. The minimum atomic E-state index is -0.238. The molecular formula is C26H36N2O4. The van der Waals surface area contributed by atoms with Crippen molar-refractivity contribution in [1.82, 2.24) is 10.6 Å². The third kappa shape index (κ3) is 7.91. The Hall–Kier alpha value is -3.02. The maximum atomic E-state index is 12.1. The highest BCUT2D eigenvalue weighted by Gasteiger charge is 2.20. The average molecular weight is 441 g/mol. The molecule has 2 rings (SSSR count). The van der Waals surface area contributed by atoms with Gasteiger partial charge in [-0.15, -0.1) is 0 Å². The lowest BCUT2D eigenvalue weighted by molar-refractivity contribution is -0.124. The molecule has 0 aliphatic rings. The largest absolute Gasteiger partial charge is 0.483 e. The van der Waals surface area contributed by atoms with E-state index in [2.05, 4.69) is 52.2 Å². The number of amides is 2. The van der Waals surface area contributed by atoms with Crippen LogP contribution in [-0.2, 0) is 20.4 Å².